The third-order valence-electron chi connectivity index (χ3n) is 2.88. The van der Waals surface area contributed by atoms with Crippen LogP contribution >= 0.6 is 0 Å². The van der Waals surface area contributed by atoms with Crippen LogP contribution in [-0.2, 0) is 11.3 Å². The van der Waals surface area contributed by atoms with E-state index in [4.69, 9.17) is 0 Å². The Hall–Kier alpha value is -2.70. The molecule has 23 heavy (non-hydrogen) atoms. The minimum absolute atomic E-state index is 0.0969. The van der Waals surface area contributed by atoms with Gasteiger partial charge in [0.25, 0.3) is 0 Å². The van der Waals surface area contributed by atoms with Gasteiger partial charge in [-0.3, -0.25) is 4.79 Å². The van der Waals surface area contributed by atoms with Crippen molar-refractivity contribution in [3.63, 3.8) is 0 Å². The number of halogens is 3. The zero-order valence-electron chi connectivity index (χ0n) is 12.1. The maximum absolute atomic E-state index is 12.3. The lowest BCUT2D eigenvalue weighted by molar-refractivity contribution is -0.274. The molecule has 2 aromatic carbocycles. The van der Waals surface area contributed by atoms with Gasteiger partial charge in [0.2, 0.25) is 5.91 Å². The number of benzene rings is 2. The fourth-order valence-corrected chi connectivity index (χ4v) is 1.86. The van der Waals surface area contributed by atoms with Crippen LogP contribution in [0.4, 0.5) is 18.9 Å². The summed E-state index contributed by atoms with van der Waals surface area (Å²) in [7, 11) is 0. The van der Waals surface area contributed by atoms with Gasteiger partial charge >= 0.3 is 6.36 Å². The second-order valence-corrected chi connectivity index (χ2v) is 4.66. The van der Waals surface area contributed by atoms with Gasteiger partial charge in [-0.05, 0) is 17.7 Å². The van der Waals surface area contributed by atoms with Crippen LogP contribution in [0.1, 0.15) is 5.56 Å². The molecule has 2 rings (SSSR count). The summed E-state index contributed by atoms with van der Waals surface area (Å²) in [6.45, 7) is 0.188. The van der Waals surface area contributed by atoms with Gasteiger partial charge in [-0.15, -0.1) is 13.2 Å². The van der Waals surface area contributed by atoms with Gasteiger partial charge in [0.05, 0.1) is 12.2 Å². The van der Waals surface area contributed by atoms with Crippen LogP contribution in [0.25, 0.3) is 0 Å². The Morgan fingerprint density at radius 2 is 1.65 bits per heavy atom. The summed E-state index contributed by atoms with van der Waals surface area (Å²) in [4.78, 5) is 11.7. The molecule has 0 aromatic heterocycles. The Labute approximate surface area is 131 Å². The molecule has 0 heterocycles. The molecular weight excluding hydrogens is 309 g/mol. The lowest BCUT2D eigenvalue weighted by Gasteiger charge is -2.14. The molecule has 0 aliphatic rings. The largest absolute Gasteiger partial charge is 0.573 e. The van der Waals surface area contributed by atoms with Crippen molar-refractivity contribution in [2.45, 2.75) is 12.9 Å². The highest BCUT2D eigenvalue weighted by Gasteiger charge is 2.32. The smallest absolute Gasteiger partial charge is 0.404 e. The van der Waals surface area contributed by atoms with Crippen molar-refractivity contribution in [2.24, 2.45) is 0 Å². The van der Waals surface area contributed by atoms with Gasteiger partial charge in [0.1, 0.15) is 0 Å². The molecule has 0 aliphatic carbocycles. The van der Waals surface area contributed by atoms with E-state index in [2.05, 4.69) is 15.4 Å². The number of alkyl halides is 3. The third-order valence-corrected chi connectivity index (χ3v) is 2.88. The highest BCUT2D eigenvalue weighted by atomic mass is 19.4. The summed E-state index contributed by atoms with van der Waals surface area (Å²) in [5.74, 6) is -0.716. The number of para-hydroxylation sites is 2. The molecule has 0 bridgehead atoms. The van der Waals surface area contributed by atoms with E-state index in [1.54, 1.807) is 6.07 Å². The monoisotopic (exact) mass is 324 g/mol. The summed E-state index contributed by atoms with van der Waals surface area (Å²) in [6, 6.07) is 14.8. The molecular formula is C16H15F3N2O2. The second kappa shape index (κ2) is 7.53. The molecule has 1 amide bonds. The molecule has 0 fully saturated rings. The summed E-state index contributed by atoms with van der Waals surface area (Å²) in [5.41, 5.74) is 1.03. The van der Waals surface area contributed by atoms with E-state index in [0.717, 1.165) is 5.56 Å². The number of carbonyl (C=O) groups excluding carboxylic acids is 1. The molecule has 7 heteroatoms. The number of amides is 1. The van der Waals surface area contributed by atoms with Crippen LogP contribution < -0.4 is 15.4 Å². The fraction of sp³-hybridized carbons (Fsp3) is 0.188. The van der Waals surface area contributed by atoms with Crippen molar-refractivity contribution in [2.75, 3.05) is 11.9 Å². The Morgan fingerprint density at radius 1 is 1.00 bits per heavy atom. The van der Waals surface area contributed by atoms with Crippen LogP contribution in [0, 0.1) is 0 Å². The first-order valence-electron chi connectivity index (χ1n) is 6.83. The lowest BCUT2D eigenvalue weighted by atomic mass is 10.2. The van der Waals surface area contributed by atoms with Crippen molar-refractivity contribution in [3.05, 3.63) is 60.2 Å². The van der Waals surface area contributed by atoms with Crippen LogP contribution in [0.15, 0.2) is 54.6 Å². The summed E-state index contributed by atoms with van der Waals surface area (Å²) < 4.78 is 40.8. The van der Waals surface area contributed by atoms with E-state index in [-0.39, 0.29) is 23.9 Å². The normalized spacial score (nSPS) is 10.9. The number of nitrogens with one attached hydrogen (secondary N) is 2. The Morgan fingerprint density at radius 3 is 2.35 bits per heavy atom. The van der Waals surface area contributed by atoms with Gasteiger partial charge in [0, 0.05) is 6.54 Å². The summed E-state index contributed by atoms with van der Waals surface area (Å²) >= 11 is 0. The molecule has 0 unspecified atom stereocenters. The zero-order valence-corrected chi connectivity index (χ0v) is 12.1. The molecule has 122 valence electrons. The quantitative estimate of drug-likeness (QED) is 0.857. The maximum Gasteiger partial charge on any atom is 0.573 e. The first-order valence-corrected chi connectivity index (χ1v) is 6.83. The minimum Gasteiger partial charge on any atom is -0.404 e. The molecule has 0 saturated heterocycles. The maximum atomic E-state index is 12.3. The van der Waals surface area contributed by atoms with Gasteiger partial charge in [-0.2, -0.15) is 0 Å². The Balaban J connectivity index is 1.87. The van der Waals surface area contributed by atoms with E-state index in [9.17, 15) is 18.0 Å². The molecule has 0 atom stereocenters. The molecule has 4 nitrogen and oxygen atoms in total. The van der Waals surface area contributed by atoms with Crippen molar-refractivity contribution in [3.8, 4) is 5.75 Å². The first-order chi connectivity index (χ1) is 10.9. The number of rotatable bonds is 6. The van der Waals surface area contributed by atoms with Gasteiger partial charge in [-0.25, -0.2) is 0 Å². The molecule has 0 radical (unpaired) electrons. The fourth-order valence-electron chi connectivity index (χ4n) is 1.86. The number of ether oxygens (including phenoxy) is 1. The van der Waals surface area contributed by atoms with Gasteiger partial charge in [0.15, 0.2) is 5.75 Å². The summed E-state index contributed by atoms with van der Waals surface area (Å²) in [5, 5.41) is 5.31. The molecule has 0 saturated carbocycles. The highest BCUT2D eigenvalue weighted by Crippen LogP contribution is 2.29. The van der Waals surface area contributed by atoms with Crippen LogP contribution in [0.2, 0.25) is 0 Å². The van der Waals surface area contributed by atoms with Crippen molar-refractivity contribution in [1.29, 1.82) is 0 Å². The molecule has 0 aliphatic heterocycles. The van der Waals surface area contributed by atoms with Gasteiger partial charge in [-0.1, -0.05) is 42.5 Å². The standard InChI is InChI=1S/C16H15F3N2O2/c17-16(18,19)23-14-9-5-4-8-13(14)20-11-15(22)21-10-12-6-2-1-3-7-12/h1-9,20H,10-11H2,(H,21,22). The topological polar surface area (TPSA) is 50.4 Å². The first kappa shape index (κ1) is 16.7. The zero-order chi connectivity index (χ0) is 16.7. The average Bonchev–Trinajstić information content (AvgIpc) is 2.51. The predicted molar refractivity (Wildman–Crippen MR) is 79.9 cm³/mol. The van der Waals surface area contributed by atoms with Crippen LogP contribution in [0.5, 0.6) is 5.75 Å². The van der Waals surface area contributed by atoms with Crippen LogP contribution in [-0.4, -0.2) is 18.8 Å². The van der Waals surface area contributed by atoms with E-state index in [1.807, 2.05) is 30.3 Å². The highest BCUT2D eigenvalue weighted by molar-refractivity contribution is 5.81. The number of hydrogen-bond donors (Lipinski definition) is 2. The molecule has 2 N–H and O–H groups in total. The second-order valence-electron chi connectivity index (χ2n) is 4.66. The predicted octanol–water partition coefficient (Wildman–Crippen LogP) is 3.31. The van der Waals surface area contributed by atoms with Gasteiger partial charge < -0.3 is 15.4 Å². The van der Waals surface area contributed by atoms with E-state index >= 15 is 0 Å². The van der Waals surface area contributed by atoms with Crippen molar-refractivity contribution < 1.29 is 22.7 Å². The molecule has 0 spiro atoms. The van der Waals surface area contributed by atoms with Crippen molar-refractivity contribution >= 4 is 11.6 Å². The Kier molecular flexibility index (Phi) is 5.46. The van der Waals surface area contributed by atoms with Crippen molar-refractivity contribution in [1.82, 2.24) is 5.32 Å². The Bertz CT molecular complexity index is 645. The van der Waals surface area contributed by atoms with E-state index < -0.39 is 6.36 Å². The minimum atomic E-state index is -4.78. The molecule has 2 aromatic rings. The number of carbonyl (C=O) groups is 1. The third kappa shape index (κ3) is 5.90. The van der Waals surface area contributed by atoms with Crippen LogP contribution in [0.3, 0.4) is 0 Å². The SMILES string of the molecule is O=C(CNc1ccccc1OC(F)(F)F)NCc1ccccc1. The van der Waals surface area contributed by atoms with E-state index in [1.165, 1.54) is 18.2 Å². The number of hydrogen-bond acceptors (Lipinski definition) is 3. The number of anilines is 1. The lowest BCUT2D eigenvalue weighted by Crippen LogP contribution is -2.29. The summed E-state index contributed by atoms with van der Waals surface area (Å²) in [6.07, 6.45) is -4.78. The average molecular weight is 324 g/mol. The van der Waals surface area contributed by atoms with E-state index in [0.29, 0.717) is 6.54 Å².